The highest BCUT2D eigenvalue weighted by molar-refractivity contribution is 6.31. The molecule has 3 N–H and O–H groups in total. The third kappa shape index (κ3) is 3.51. The van der Waals surface area contributed by atoms with Crippen LogP contribution in [0.2, 0.25) is 5.02 Å². The third-order valence-corrected chi connectivity index (χ3v) is 4.16. The zero-order valence-corrected chi connectivity index (χ0v) is 12.9. The number of imide groups is 1. The summed E-state index contributed by atoms with van der Waals surface area (Å²) in [5.74, 6) is -0.490. The Balaban J connectivity index is 1.74. The number of nitrogens with zero attached hydrogens (tertiary/aromatic N) is 1. The maximum absolute atomic E-state index is 11.8. The third-order valence-electron chi connectivity index (χ3n) is 3.94. The molecule has 7 heteroatoms. The van der Waals surface area contributed by atoms with E-state index in [-0.39, 0.29) is 11.8 Å². The smallest absolute Gasteiger partial charge is 0.249 e. The first kappa shape index (κ1) is 15.1. The number of amides is 2. The molecule has 2 aliphatic heterocycles. The lowest BCUT2D eigenvalue weighted by molar-refractivity contribution is -0.133. The number of piperidine rings is 1. The van der Waals surface area contributed by atoms with Crippen LogP contribution in [-0.4, -0.2) is 44.0 Å². The Morgan fingerprint density at radius 2 is 1.95 bits per heavy atom. The van der Waals surface area contributed by atoms with Gasteiger partial charge in [-0.25, -0.2) is 0 Å². The predicted octanol–water partition coefficient (Wildman–Crippen LogP) is 0.967. The molecule has 6 nitrogen and oxygen atoms in total. The molecule has 2 aliphatic rings. The average molecular weight is 323 g/mol. The van der Waals surface area contributed by atoms with Gasteiger partial charge < -0.3 is 15.5 Å². The van der Waals surface area contributed by atoms with E-state index in [9.17, 15) is 9.59 Å². The highest BCUT2D eigenvalue weighted by Crippen LogP contribution is 2.27. The maximum atomic E-state index is 11.8. The molecule has 22 heavy (non-hydrogen) atoms. The minimum Gasteiger partial charge on any atom is -0.374 e. The van der Waals surface area contributed by atoms with Crippen molar-refractivity contribution < 1.29 is 9.59 Å². The first-order valence-electron chi connectivity index (χ1n) is 7.48. The average Bonchev–Trinajstić information content (AvgIpc) is 2.50. The monoisotopic (exact) mass is 322 g/mol. The van der Waals surface area contributed by atoms with Gasteiger partial charge in [-0.2, -0.15) is 0 Å². The highest BCUT2D eigenvalue weighted by Gasteiger charge is 2.26. The van der Waals surface area contributed by atoms with Crippen LogP contribution in [0.5, 0.6) is 0 Å². The Morgan fingerprint density at radius 1 is 1.18 bits per heavy atom. The van der Waals surface area contributed by atoms with E-state index in [2.05, 4.69) is 20.9 Å². The van der Waals surface area contributed by atoms with Crippen molar-refractivity contribution in [3.63, 3.8) is 0 Å². The van der Waals surface area contributed by atoms with Gasteiger partial charge in [0.15, 0.2) is 0 Å². The molecule has 1 atom stereocenters. The summed E-state index contributed by atoms with van der Waals surface area (Å²) >= 11 is 6.21. The first-order chi connectivity index (χ1) is 10.6. The van der Waals surface area contributed by atoms with Crippen molar-refractivity contribution in [2.75, 3.05) is 36.4 Å². The van der Waals surface area contributed by atoms with Gasteiger partial charge in [0.25, 0.3) is 0 Å². The molecule has 1 aromatic carbocycles. The number of benzene rings is 1. The molecule has 0 bridgehead atoms. The lowest BCUT2D eigenvalue weighted by Crippen LogP contribution is -2.47. The number of hydrogen-bond acceptors (Lipinski definition) is 5. The lowest BCUT2D eigenvalue weighted by Gasteiger charge is -2.30. The molecule has 2 amide bonds. The number of rotatable bonds is 3. The van der Waals surface area contributed by atoms with Gasteiger partial charge in [0.1, 0.15) is 6.04 Å². The van der Waals surface area contributed by atoms with Crippen LogP contribution < -0.4 is 20.9 Å². The van der Waals surface area contributed by atoms with Gasteiger partial charge in [-0.05, 0) is 24.6 Å². The fourth-order valence-corrected chi connectivity index (χ4v) is 3.02. The number of carbonyl (C=O) groups excluding carboxylic acids is 2. The van der Waals surface area contributed by atoms with E-state index in [0.29, 0.717) is 17.9 Å². The second-order valence-electron chi connectivity index (χ2n) is 5.58. The van der Waals surface area contributed by atoms with E-state index < -0.39 is 6.04 Å². The predicted molar refractivity (Wildman–Crippen MR) is 86.3 cm³/mol. The molecular weight excluding hydrogens is 304 g/mol. The summed E-state index contributed by atoms with van der Waals surface area (Å²) in [5.41, 5.74) is 1.85. The van der Waals surface area contributed by atoms with E-state index in [1.807, 2.05) is 12.1 Å². The fourth-order valence-electron chi connectivity index (χ4n) is 2.80. The fraction of sp³-hybridized carbons (Fsp3) is 0.467. The number of piperazine rings is 1. The van der Waals surface area contributed by atoms with Gasteiger partial charge in [-0.3, -0.25) is 14.9 Å². The lowest BCUT2D eigenvalue weighted by atomic mass is 10.1. The Hall–Kier alpha value is -1.79. The van der Waals surface area contributed by atoms with E-state index in [1.54, 1.807) is 6.07 Å². The highest BCUT2D eigenvalue weighted by atomic mass is 35.5. The summed E-state index contributed by atoms with van der Waals surface area (Å²) in [7, 11) is 0. The Labute approximate surface area is 134 Å². The number of halogens is 1. The van der Waals surface area contributed by atoms with Crippen molar-refractivity contribution >= 4 is 34.8 Å². The normalized spacial score (nSPS) is 22.4. The van der Waals surface area contributed by atoms with Gasteiger partial charge in [0.05, 0.1) is 0 Å². The largest absolute Gasteiger partial charge is 0.374 e. The molecule has 2 fully saturated rings. The van der Waals surface area contributed by atoms with Crippen molar-refractivity contribution in [3.05, 3.63) is 23.2 Å². The number of hydrogen-bond donors (Lipinski definition) is 3. The van der Waals surface area contributed by atoms with E-state index >= 15 is 0 Å². The Kier molecular flexibility index (Phi) is 4.49. The molecule has 1 unspecified atom stereocenters. The first-order valence-corrected chi connectivity index (χ1v) is 7.86. The number of nitrogens with one attached hydrogen (secondary N) is 3. The molecular formula is C15H19ClN4O2. The van der Waals surface area contributed by atoms with E-state index in [4.69, 9.17) is 11.6 Å². The molecule has 2 saturated heterocycles. The zero-order valence-electron chi connectivity index (χ0n) is 12.2. The molecule has 0 aromatic heterocycles. The van der Waals surface area contributed by atoms with Crippen molar-refractivity contribution in [2.24, 2.45) is 0 Å². The molecule has 0 aliphatic carbocycles. The number of carbonyl (C=O) groups is 2. The minimum atomic E-state index is -0.396. The quantitative estimate of drug-likeness (QED) is 0.723. The van der Waals surface area contributed by atoms with Crippen LogP contribution >= 0.6 is 11.6 Å². The topological polar surface area (TPSA) is 73.5 Å². The molecule has 3 rings (SSSR count). The molecule has 2 heterocycles. The Bertz CT molecular complexity index is 587. The maximum Gasteiger partial charge on any atom is 0.249 e. The van der Waals surface area contributed by atoms with Crippen molar-refractivity contribution in [2.45, 2.75) is 18.9 Å². The SMILES string of the molecule is O=C1CCC(Nc2cc(Cl)cc(N3CCNCC3)c2)C(=O)N1. The van der Waals surface area contributed by atoms with Gasteiger partial charge in [-0.1, -0.05) is 11.6 Å². The van der Waals surface area contributed by atoms with Gasteiger partial charge in [-0.15, -0.1) is 0 Å². The zero-order chi connectivity index (χ0) is 15.5. The Morgan fingerprint density at radius 3 is 2.68 bits per heavy atom. The summed E-state index contributed by atoms with van der Waals surface area (Å²) in [5, 5.41) is 9.48. The summed E-state index contributed by atoms with van der Waals surface area (Å²) in [4.78, 5) is 25.3. The molecule has 0 saturated carbocycles. The van der Waals surface area contributed by atoms with Crippen LogP contribution in [0.15, 0.2) is 18.2 Å². The van der Waals surface area contributed by atoms with Gasteiger partial charge in [0.2, 0.25) is 11.8 Å². The van der Waals surface area contributed by atoms with Crippen molar-refractivity contribution in [3.8, 4) is 0 Å². The van der Waals surface area contributed by atoms with Gasteiger partial charge >= 0.3 is 0 Å². The van der Waals surface area contributed by atoms with Crippen LogP contribution in [0.25, 0.3) is 0 Å². The van der Waals surface area contributed by atoms with Crippen LogP contribution in [0.4, 0.5) is 11.4 Å². The van der Waals surface area contributed by atoms with Crippen LogP contribution in [0, 0.1) is 0 Å². The van der Waals surface area contributed by atoms with E-state index in [0.717, 1.165) is 37.6 Å². The summed E-state index contributed by atoms with van der Waals surface area (Å²) in [6, 6.07) is 5.34. The van der Waals surface area contributed by atoms with Crippen LogP contribution in [0.3, 0.4) is 0 Å². The van der Waals surface area contributed by atoms with E-state index in [1.165, 1.54) is 0 Å². The summed E-state index contributed by atoms with van der Waals surface area (Å²) < 4.78 is 0. The molecule has 1 aromatic rings. The van der Waals surface area contributed by atoms with Crippen LogP contribution in [-0.2, 0) is 9.59 Å². The number of anilines is 2. The van der Waals surface area contributed by atoms with Gasteiger partial charge in [0, 0.05) is 49.0 Å². The summed E-state index contributed by atoms with van der Waals surface area (Å²) in [6.45, 7) is 3.75. The second-order valence-corrected chi connectivity index (χ2v) is 6.02. The standard InChI is InChI=1S/C15H19ClN4O2/c16-10-7-11(18-13-1-2-14(21)19-15(13)22)9-12(8-10)20-5-3-17-4-6-20/h7-9,13,17-18H,1-6H2,(H,19,21,22). The molecule has 0 spiro atoms. The minimum absolute atomic E-state index is 0.212. The molecule has 118 valence electrons. The summed E-state index contributed by atoms with van der Waals surface area (Å²) in [6.07, 6.45) is 0.856. The van der Waals surface area contributed by atoms with Crippen molar-refractivity contribution in [1.82, 2.24) is 10.6 Å². The van der Waals surface area contributed by atoms with Crippen molar-refractivity contribution in [1.29, 1.82) is 0 Å². The van der Waals surface area contributed by atoms with Crippen LogP contribution in [0.1, 0.15) is 12.8 Å². The second kappa shape index (κ2) is 6.54. The molecule has 0 radical (unpaired) electrons.